The average Bonchev–Trinajstić information content (AvgIpc) is 3.16. The topological polar surface area (TPSA) is 42.5 Å². The van der Waals surface area contributed by atoms with Crippen molar-refractivity contribution < 1.29 is 9.47 Å². The normalized spacial score (nSPS) is 35.7. The van der Waals surface area contributed by atoms with Gasteiger partial charge in [-0.1, -0.05) is 6.42 Å². The largest absolute Gasteiger partial charge is 0.380 e. The lowest BCUT2D eigenvalue weighted by atomic mass is 9.94. The van der Waals surface area contributed by atoms with Crippen LogP contribution in [0, 0.1) is 11.8 Å². The molecule has 1 heterocycles. The fourth-order valence-corrected chi connectivity index (χ4v) is 3.44. The fraction of sp³-hybridized carbons (Fsp3) is 1.00. The predicted octanol–water partition coefficient (Wildman–Crippen LogP) is 1.16. The van der Waals surface area contributed by atoms with E-state index < -0.39 is 0 Å². The first-order chi connectivity index (χ1) is 9.43. The molecule has 0 bridgehead atoms. The Kier molecular flexibility index (Phi) is 5.10. The summed E-state index contributed by atoms with van der Waals surface area (Å²) in [5, 5.41) is 7.32. The van der Waals surface area contributed by atoms with Gasteiger partial charge in [0.1, 0.15) is 0 Å². The van der Waals surface area contributed by atoms with Gasteiger partial charge < -0.3 is 20.1 Å². The van der Waals surface area contributed by atoms with E-state index in [0.717, 1.165) is 51.4 Å². The SMILES string of the molecule is C1CC(NCCOCC2CC2)C(C2COCCN2)C1. The van der Waals surface area contributed by atoms with Crippen LogP contribution in [0.5, 0.6) is 0 Å². The minimum Gasteiger partial charge on any atom is -0.380 e. The molecule has 110 valence electrons. The van der Waals surface area contributed by atoms with Crippen molar-refractivity contribution in [3.05, 3.63) is 0 Å². The van der Waals surface area contributed by atoms with Gasteiger partial charge in [-0.15, -0.1) is 0 Å². The van der Waals surface area contributed by atoms with Gasteiger partial charge in [-0.3, -0.25) is 0 Å². The Morgan fingerprint density at radius 2 is 2.16 bits per heavy atom. The molecule has 2 saturated carbocycles. The molecule has 19 heavy (non-hydrogen) atoms. The van der Waals surface area contributed by atoms with Crippen LogP contribution in [0.2, 0.25) is 0 Å². The lowest BCUT2D eigenvalue weighted by Gasteiger charge is -2.33. The molecule has 1 saturated heterocycles. The van der Waals surface area contributed by atoms with Crippen LogP contribution in [0.25, 0.3) is 0 Å². The molecule has 4 nitrogen and oxygen atoms in total. The van der Waals surface area contributed by atoms with Gasteiger partial charge >= 0.3 is 0 Å². The maximum atomic E-state index is 5.70. The zero-order valence-corrected chi connectivity index (χ0v) is 11.9. The van der Waals surface area contributed by atoms with Crippen LogP contribution in [-0.4, -0.2) is 51.6 Å². The number of nitrogens with one attached hydrogen (secondary N) is 2. The van der Waals surface area contributed by atoms with Crippen molar-refractivity contribution in [2.24, 2.45) is 11.8 Å². The van der Waals surface area contributed by atoms with E-state index >= 15 is 0 Å². The number of ether oxygens (including phenoxy) is 2. The van der Waals surface area contributed by atoms with Crippen molar-refractivity contribution in [3.63, 3.8) is 0 Å². The van der Waals surface area contributed by atoms with Crippen LogP contribution in [0.4, 0.5) is 0 Å². The van der Waals surface area contributed by atoms with Crippen molar-refractivity contribution in [2.75, 3.05) is 39.5 Å². The quantitative estimate of drug-likeness (QED) is 0.680. The molecule has 0 aromatic carbocycles. The Morgan fingerprint density at radius 1 is 1.21 bits per heavy atom. The van der Waals surface area contributed by atoms with Crippen molar-refractivity contribution in [3.8, 4) is 0 Å². The Hall–Kier alpha value is -0.160. The lowest BCUT2D eigenvalue weighted by Crippen LogP contribution is -2.51. The first-order valence-electron chi connectivity index (χ1n) is 8.06. The van der Waals surface area contributed by atoms with Crippen LogP contribution in [0.3, 0.4) is 0 Å². The molecule has 3 unspecified atom stereocenters. The molecule has 3 atom stereocenters. The molecule has 2 aliphatic carbocycles. The second-order valence-electron chi connectivity index (χ2n) is 6.31. The lowest BCUT2D eigenvalue weighted by molar-refractivity contribution is 0.0514. The molecule has 4 heteroatoms. The summed E-state index contributed by atoms with van der Waals surface area (Å²) in [6.45, 7) is 5.62. The van der Waals surface area contributed by atoms with Gasteiger partial charge in [0.15, 0.2) is 0 Å². The van der Waals surface area contributed by atoms with Crippen LogP contribution < -0.4 is 10.6 Å². The van der Waals surface area contributed by atoms with Crippen LogP contribution in [0.1, 0.15) is 32.1 Å². The highest BCUT2D eigenvalue weighted by molar-refractivity contribution is 4.91. The van der Waals surface area contributed by atoms with E-state index in [1.54, 1.807) is 0 Å². The highest BCUT2D eigenvalue weighted by Crippen LogP contribution is 2.30. The zero-order valence-electron chi connectivity index (χ0n) is 11.9. The first kappa shape index (κ1) is 13.8. The van der Waals surface area contributed by atoms with E-state index in [1.807, 2.05) is 0 Å². The second kappa shape index (κ2) is 7.02. The maximum Gasteiger partial charge on any atom is 0.0623 e. The summed E-state index contributed by atoms with van der Waals surface area (Å²) in [6.07, 6.45) is 6.76. The average molecular weight is 268 g/mol. The highest BCUT2D eigenvalue weighted by Gasteiger charge is 2.34. The predicted molar refractivity (Wildman–Crippen MR) is 75.3 cm³/mol. The van der Waals surface area contributed by atoms with E-state index in [-0.39, 0.29) is 0 Å². The molecular formula is C15H28N2O2. The van der Waals surface area contributed by atoms with Gasteiger partial charge in [-0.25, -0.2) is 0 Å². The Labute approximate surface area is 116 Å². The number of rotatable bonds is 7. The number of hydrogen-bond acceptors (Lipinski definition) is 4. The molecule has 0 radical (unpaired) electrons. The molecule has 3 fully saturated rings. The summed E-state index contributed by atoms with van der Waals surface area (Å²) in [5.41, 5.74) is 0. The molecule has 0 aromatic heterocycles. The maximum absolute atomic E-state index is 5.70. The number of morpholine rings is 1. The summed E-state index contributed by atoms with van der Waals surface area (Å²) < 4.78 is 11.3. The van der Waals surface area contributed by atoms with Crippen LogP contribution in [-0.2, 0) is 9.47 Å². The first-order valence-corrected chi connectivity index (χ1v) is 8.06. The summed E-state index contributed by atoms with van der Waals surface area (Å²) in [7, 11) is 0. The Balaban J connectivity index is 1.33. The summed E-state index contributed by atoms with van der Waals surface area (Å²) in [4.78, 5) is 0. The molecular weight excluding hydrogens is 240 g/mol. The molecule has 0 spiro atoms. The van der Waals surface area contributed by atoms with Crippen molar-refractivity contribution in [2.45, 2.75) is 44.2 Å². The standard InChI is InChI=1S/C15H28N2O2/c1-2-13(15-11-19-9-7-17-15)14(3-1)16-6-8-18-10-12-4-5-12/h12-17H,1-11H2. The second-order valence-corrected chi connectivity index (χ2v) is 6.31. The third-order valence-corrected chi connectivity index (χ3v) is 4.74. The minimum absolute atomic E-state index is 0.557. The van der Waals surface area contributed by atoms with E-state index in [9.17, 15) is 0 Å². The Morgan fingerprint density at radius 3 is 2.95 bits per heavy atom. The molecule has 3 rings (SSSR count). The van der Waals surface area contributed by atoms with Gasteiger partial charge in [0, 0.05) is 31.8 Å². The van der Waals surface area contributed by atoms with E-state index in [1.165, 1.54) is 32.1 Å². The van der Waals surface area contributed by atoms with Crippen molar-refractivity contribution in [1.82, 2.24) is 10.6 Å². The van der Waals surface area contributed by atoms with Gasteiger partial charge in [0.05, 0.1) is 19.8 Å². The summed E-state index contributed by atoms with van der Waals surface area (Å²) >= 11 is 0. The monoisotopic (exact) mass is 268 g/mol. The number of hydrogen-bond donors (Lipinski definition) is 2. The molecule has 3 aliphatic rings. The van der Waals surface area contributed by atoms with Crippen LogP contribution >= 0.6 is 0 Å². The van der Waals surface area contributed by atoms with Crippen LogP contribution in [0.15, 0.2) is 0 Å². The highest BCUT2D eigenvalue weighted by atomic mass is 16.5. The van der Waals surface area contributed by atoms with Gasteiger partial charge in [0.25, 0.3) is 0 Å². The molecule has 0 aromatic rings. The van der Waals surface area contributed by atoms with E-state index in [2.05, 4.69) is 10.6 Å². The third kappa shape index (κ3) is 4.15. The molecule has 1 aliphatic heterocycles. The van der Waals surface area contributed by atoms with Crippen molar-refractivity contribution in [1.29, 1.82) is 0 Å². The summed E-state index contributed by atoms with van der Waals surface area (Å²) in [5.74, 6) is 1.62. The Bertz CT molecular complexity index is 265. The molecule has 2 N–H and O–H groups in total. The summed E-state index contributed by atoms with van der Waals surface area (Å²) in [6, 6.07) is 1.21. The fourth-order valence-electron chi connectivity index (χ4n) is 3.44. The van der Waals surface area contributed by atoms with E-state index in [0.29, 0.717) is 12.1 Å². The minimum atomic E-state index is 0.557. The zero-order chi connectivity index (χ0) is 12.9. The molecule has 0 amide bonds. The van der Waals surface area contributed by atoms with Gasteiger partial charge in [-0.2, -0.15) is 0 Å². The smallest absolute Gasteiger partial charge is 0.0623 e. The van der Waals surface area contributed by atoms with Gasteiger partial charge in [0.2, 0.25) is 0 Å². The van der Waals surface area contributed by atoms with Crippen molar-refractivity contribution >= 4 is 0 Å². The third-order valence-electron chi connectivity index (χ3n) is 4.74. The van der Waals surface area contributed by atoms with Gasteiger partial charge in [-0.05, 0) is 37.5 Å². The van der Waals surface area contributed by atoms with E-state index in [4.69, 9.17) is 9.47 Å².